The van der Waals surface area contributed by atoms with E-state index in [4.69, 9.17) is 4.74 Å². The minimum atomic E-state index is -0.447. The SMILES string of the molecule is Cc1nccc(N2C[C@H]3CCN(C(=O)OC(C)(C)C)C[C@H]32)n1. The summed E-state index contributed by atoms with van der Waals surface area (Å²) in [4.78, 5) is 25.0. The molecule has 3 heterocycles. The third-order valence-electron chi connectivity index (χ3n) is 4.26. The van der Waals surface area contributed by atoms with Crippen molar-refractivity contribution in [1.29, 1.82) is 0 Å². The number of piperidine rings is 1. The highest BCUT2D eigenvalue weighted by Crippen LogP contribution is 2.35. The van der Waals surface area contributed by atoms with Gasteiger partial charge in [-0.25, -0.2) is 14.8 Å². The standard InChI is InChI=1S/C16H24N4O2/c1-11-17-7-5-14(18-11)20-9-12-6-8-19(10-13(12)20)15(21)22-16(2,3)4/h5,7,12-13H,6,8-10H2,1-4H3/t12-,13-/m1/s1. The second kappa shape index (κ2) is 5.41. The fourth-order valence-electron chi connectivity index (χ4n) is 3.16. The zero-order chi connectivity index (χ0) is 15.9. The van der Waals surface area contributed by atoms with Gasteiger partial charge in [0.2, 0.25) is 0 Å². The topological polar surface area (TPSA) is 58.6 Å². The van der Waals surface area contributed by atoms with E-state index in [1.807, 2.05) is 38.7 Å². The zero-order valence-electron chi connectivity index (χ0n) is 13.7. The highest BCUT2D eigenvalue weighted by molar-refractivity contribution is 5.68. The number of aryl methyl sites for hydroxylation is 1. The second-order valence-electron chi connectivity index (χ2n) is 7.16. The zero-order valence-corrected chi connectivity index (χ0v) is 13.7. The molecule has 2 fully saturated rings. The number of hydrogen-bond acceptors (Lipinski definition) is 5. The van der Waals surface area contributed by atoms with Gasteiger partial charge in [0.25, 0.3) is 0 Å². The summed E-state index contributed by atoms with van der Waals surface area (Å²) in [6.45, 7) is 10.1. The largest absolute Gasteiger partial charge is 0.444 e. The molecule has 0 aliphatic carbocycles. The van der Waals surface area contributed by atoms with Crippen molar-refractivity contribution in [2.75, 3.05) is 24.5 Å². The van der Waals surface area contributed by atoms with Crippen molar-refractivity contribution in [2.24, 2.45) is 5.92 Å². The molecule has 6 nitrogen and oxygen atoms in total. The fraction of sp³-hybridized carbons (Fsp3) is 0.688. The summed E-state index contributed by atoms with van der Waals surface area (Å²) in [5.41, 5.74) is -0.447. The quantitative estimate of drug-likeness (QED) is 0.796. The highest BCUT2D eigenvalue weighted by atomic mass is 16.6. The van der Waals surface area contributed by atoms with E-state index < -0.39 is 5.60 Å². The van der Waals surface area contributed by atoms with Crippen LogP contribution >= 0.6 is 0 Å². The summed E-state index contributed by atoms with van der Waals surface area (Å²) in [6, 6.07) is 2.28. The van der Waals surface area contributed by atoms with E-state index in [0.29, 0.717) is 18.5 Å². The average molecular weight is 304 g/mol. The molecule has 2 saturated heterocycles. The number of hydrogen-bond donors (Lipinski definition) is 0. The Kier molecular flexibility index (Phi) is 3.70. The maximum atomic E-state index is 12.2. The molecule has 0 radical (unpaired) electrons. The molecule has 22 heavy (non-hydrogen) atoms. The van der Waals surface area contributed by atoms with E-state index in [1.165, 1.54) is 0 Å². The first-order valence-corrected chi connectivity index (χ1v) is 7.88. The molecule has 2 atom stereocenters. The molecule has 0 saturated carbocycles. The van der Waals surface area contributed by atoms with Gasteiger partial charge in [0.05, 0.1) is 6.04 Å². The molecule has 120 valence electrons. The number of nitrogens with zero attached hydrogens (tertiary/aromatic N) is 4. The molecule has 2 aliphatic heterocycles. The van der Waals surface area contributed by atoms with E-state index in [2.05, 4.69) is 14.9 Å². The van der Waals surface area contributed by atoms with Crippen LogP contribution in [0.15, 0.2) is 12.3 Å². The maximum Gasteiger partial charge on any atom is 0.410 e. The normalized spacial score (nSPS) is 24.5. The lowest BCUT2D eigenvalue weighted by Gasteiger charge is -2.53. The van der Waals surface area contributed by atoms with Gasteiger partial charge in [0.15, 0.2) is 0 Å². The van der Waals surface area contributed by atoms with Gasteiger partial charge in [0, 0.05) is 31.7 Å². The second-order valence-corrected chi connectivity index (χ2v) is 7.16. The van der Waals surface area contributed by atoms with Crippen LogP contribution in [0, 0.1) is 12.8 Å². The van der Waals surface area contributed by atoms with Crippen LogP contribution in [0.3, 0.4) is 0 Å². The van der Waals surface area contributed by atoms with Gasteiger partial charge in [-0.05, 0) is 40.2 Å². The van der Waals surface area contributed by atoms with E-state index in [1.54, 1.807) is 6.20 Å². The van der Waals surface area contributed by atoms with Gasteiger partial charge < -0.3 is 14.5 Å². The number of ether oxygens (including phenoxy) is 1. The van der Waals surface area contributed by atoms with Gasteiger partial charge in [-0.15, -0.1) is 0 Å². The number of carbonyl (C=O) groups excluding carboxylic acids is 1. The Balaban J connectivity index is 1.66. The molecule has 0 bridgehead atoms. The molecule has 1 aromatic heterocycles. The summed E-state index contributed by atoms with van der Waals surface area (Å²) in [7, 11) is 0. The van der Waals surface area contributed by atoms with E-state index in [-0.39, 0.29) is 6.09 Å². The number of anilines is 1. The molecule has 1 aromatic rings. The third-order valence-corrected chi connectivity index (χ3v) is 4.26. The van der Waals surface area contributed by atoms with Crippen LogP contribution < -0.4 is 4.90 Å². The van der Waals surface area contributed by atoms with E-state index >= 15 is 0 Å². The first-order chi connectivity index (χ1) is 10.3. The number of aromatic nitrogens is 2. The van der Waals surface area contributed by atoms with Crippen LogP contribution in [0.4, 0.5) is 10.6 Å². The van der Waals surface area contributed by atoms with Crippen molar-refractivity contribution in [3.8, 4) is 0 Å². The number of fused-ring (bicyclic) bond motifs is 1. The summed E-state index contributed by atoms with van der Waals surface area (Å²) in [6.07, 6.45) is 2.61. The molecule has 2 aliphatic rings. The summed E-state index contributed by atoms with van der Waals surface area (Å²) < 4.78 is 5.49. The van der Waals surface area contributed by atoms with Crippen molar-refractivity contribution < 1.29 is 9.53 Å². The molecule has 3 rings (SSSR count). The minimum Gasteiger partial charge on any atom is -0.444 e. The Hall–Kier alpha value is -1.85. The molecular formula is C16H24N4O2. The molecular weight excluding hydrogens is 280 g/mol. The van der Waals surface area contributed by atoms with Crippen molar-refractivity contribution in [2.45, 2.75) is 45.8 Å². The fourth-order valence-corrected chi connectivity index (χ4v) is 3.16. The summed E-state index contributed by atoms with van der Waals surface area (Å²) in [5, 5.41) is 0. The van der Waals surface area contributed by atoms with Crippen molar-refractivity contribution >= 4 is 11.9 Å². The van der Waals surface area contributed by atoms with Crippen LogP contribution in [-0.4, -0.2) is 52.2 Å². The van der Waals surface area contributed by atoms with Crippen LogP contribution in [-0.2, 0) is 4.74 Å². The van der Waals surface area contributed by atoms with Crippen LogP contribution in [0.1, 0.15) is 33.0 Å². The molecule has 1 amide bonds. The van der Waals surface area contributed by atoms with E-state index in [0.717, 1.165) is 31.2 Å². The Morgan fingerprint density at radius 1 is 1.36 bits per heavy atom. The predicted octanol–water partition coefficient (Wildman–Crippen LogP) is 2.23. The summed E-state index contributed by atoms with van der Waals surface area (Å²) >= 11 is 0. The Labute approximate surface area is 131 Å². The number of amides is 1. The van der Waals surface area contributed by atoms with Gasteiger partial charge in [-0.1, -0.05) is 0 Å². The number of rotatable bonds is 1. The first kappa shape index (κ1) is 15.1. The lowest BCUT2D eigenvalue weighted by Crippen LogP contribution is -2.65. The van der Waals surface area contributed by atoms with Crippen molar-refractivity contribution in [3.63, 3.8) is 0 Å². The predicted molar refractivity (Wildman–Crippen MR) is 83.8 cm³/mol. The van der Waals surface area contributed by atoms with Crippen LogP contribution in [0.5, 0.6) is 0 Å². The highest BCUT2D eigenvalue weighted by Gasteiger charge is 2.44. The lowest BCUT2D eigenvalue weighted by atomic mass is 9.82. The number of carbonyl (C=O) groups is 1. The van der Waals surface area contributed by atoms with Crippen molar-refractivity contribution in [3.05, 3.63) is 18.1 Å². The molecule has 0 spiro atoms. The van der Waals surface area contributed by atoms with Gasteiger partial charge in [-0.3, -0.25) is 0 Å². The summed E-state index contributed by atoms with van der Waals surface area (Å²) in [5.74, 6) is 2.38. The molecule has 0 N–H and O–H groups in total. The van der Waals surface area contributed by atoms with Crippen LogP contribution in [0.2, 0.25) is 0 Å². The monoisotopic (exact) mass is 304 g/mol. The Morgan fingerprint density at radius 2 is 2.14 bits per heavy atom. The molecule has 6 heteroatoms. The maximum absolute atomic E-state index is 12.2. The molecule has 0 unspecified atom stereocenters. The Bertz CT molecular complexity index is 570. The third kappa shape index (κ3) is 3.00. The Morgan fingerprint density at radius 3 is 2.82 bits per heavy atom. The van der Waals surface area contributed by atoms with Gasteiger partial charge in [0.1, 0.15) is 17.2 Å². The van der Waals surface area contributed by atoms with Crippen molar-refractivity contribution in [1.82, 2.24) is 14.9 Å². The van der Waals surface area contributed by atoms with E-state index in [9.17, 15) is 4.79 Å². The van der Waals surface area contributed by atoms with Gasteiger partial charge >= 0.3 is 6.09 Å². The number of likely N-dealkylation sites (tertiary alicyclic amines) is 1. The van der Waals surface area contributed by atoms with Gasteiger partial charge in [-0.2, -0.15) is 0 Å². The smallest absolute Gasteiger partial charge is 0.410 e. The molecule has 0 aromatic carbocycles. The van der Waals surface area contributed by atoms with Crippen LogP contribution in [0.25, 0.3) is 0 Å². The average Bonchev–Trinajstić information content (AvgIpc) is 2.38. The first-order valence-electron chi connectivity index (χ1n) is 7.88. The minimum absolute atomic E-state index is 0.211. The lowest BCUT2D eigenvalue weighted by molar-refractivity contribution is 0.0106.